The van der Waals surface area contributed by atoms with Crippen LogP contribution in [0.25, 0.3) is 0 Å². The van der Waals surface area contributed by atoms with Crippen molar-refractivity contribution < 1.29 is 5.11 Å². The molecule has 1 rings (SSSR count). The highest BCUT2D eigenvalue weighted by Gasteiger charge is 2.38. The zero-order chi connectivity index (χ0) is 7.61. The molecule has 0 aromatic heterocycles. The number of rotatable bonds is 3. The van der Waals surface area contributed by atoms with Crippen LogP contribution in [0.1, 0.15) is 32.6 Å². The van der Waals surface area contributed by atoms with E-state index in [0.717, 1.165) is 31.6 Å². The Morgan fingerprint density at radius 3 is 2.70 bits per heavy atom. The summed E-state index contributed by atoms with van der Waals surface area (Å²) in [6, 6.07) is 0. The van der Waals surface area contributed by atoms with Crippen LogP contribution in [0.4, 0.5) is 0 Å². The Morgan fingerprint density at radius 2 is 2.30 bits per heavy atom. The summed E-state index contributed by atoms with van der Waals surface area (Å²) in [6.45, 7) is 5.81. The third kappa shape index (κ3) is 1.60. The van der Waals surface area contributed by atoms with E-state index in [9.17, 15) is 5.11 Å². The normalized spacial score (nSPS) is 38.8. The van der Waals surface area contributed by atoms with Crippen LogP contribution in [0.15, 0.2) is 12.7 Å². The summed E-state index contributed by atoms with van der Waals surface area (Å²) in [5.74, 6) is 0.731. The molecular formula is C9H16O. The fourth-order valence-corrected chi connectivity index (χ4v) is 1.81. The van der Waals surface area contributed by atoms with E-state index in [-0.39, 0.29) is 5.60 Å². The van der Waals surface area contributed by atoms with E-state index < -0.39 is 0 Å². The number of aliphatic hydroxyl groups is 1. The maximum atomic E-state index is 9.66. The highest BCUT2D eigenvalue weighted by molar-refractivity contribution is 4.93. The van der Waals surface area contributed by atoms with Crippen molar-refractivity contribution in [2.45, 2.75) is 38.2 Å². The van der Waals surface area contributed by atoms with Crippen LogP contribution in [-0.4, -0.2) is 10.7 Å². The molecule has 0 aromatic carbocycles. The van der Waals surface area contributed by atoms with Crippen LogP contribution in [0, 0.1) is 5.92 Å². The summed E-state index contributed by atoms with van der Waals surface area (Å²) in [5, 5.41) is 9.66. The van der Waals surface area contributed by atoms with Crippen molar-refractivity contribution in [3.05, 3.63) is 12.7 Å². The Labute approximate surface area is 62.8 Å². The fourth-order valence-electron chi connectivity index (χ4n) is 1.81. The first kappa shape index (κ1) is 7.80. The summed E-state index contributed by atoms with van der Waals surface area (Å²) >= 11 is 0. The highest BCUT2D eigenvalue weighted by atomic mass is 16.3. The van der Waals surface area contributed by atoms with Crippen molar-refractivity contribution >= 4 is 0 Å². The molecule has 0 heterocycles. The predicted octanol–water partition coefficient (Wildman–Crippen LogP) is 2.11. The molecule has 0 spiro atoms. The van der Waals surface area contributed by atoms with Gasteiger partial charge in [-0.15, -0.1) is 6.58 Å². The second kappa shape index (κ2) is 2.75. The van der Waals surface area contributed by atoms with Gasteiger partial charge in [0, 0.05) is 0 Å². The molecule has 0 saturated heterocycles. The zero-order valence-electron chi connectivity index (χ0n) is 6.64. The molecule has 0 aromatic rings. The summed E-state index contributed by atoms with van der Waals surface area (Å²) in [5.41, 5.74) is -0.326. The van der Waals surface area contributed by atoms with Gasteiger partial charge in [-0.25, -0.2) is 0 Å². The molecule has 0 atom stereocenters. The van der Waals surface area contributed by atoms with Gasteiger partial charge in [0.15, 0.2) is 0 Å². The lowest BCUT2D eigenvalue weighted by molar-refractivity contribution is -0.0727. The van der Waals surface area contributed by atoms with E-state index in [1.807, 2.05) is 6.08 Å². The van der Waals surface area contributed by atoms with Crippen molar-refractivity contribution in [1.29, 1.82) is 0 Å². The van der Waals surface area contributed by atoms with Gasteiger partial charge in [-0.3, -0.25) is 0 Å². The third-order valence-corrected chi connectivity index (χ3v) is 2.27. The van der Waals surface area contributed by atoms with Crippen LogP contribution in [0.5, 0.6) is 0 Å². The van der Waals surface area contributed by atoms with Crippen LogP contribution in [0.3, 0.4) is 0 Å². The predicted molar refractivity (Wildman–Crippen MR) is 42.8 cm³/mol. The lowest BCUT2D eigenvalue weighted by Crippen LogP contribution is -2.42. The first-order chi connectivity index (χ1) is 4.66. The molecule has 1 saturated carbocycles. The molecule has 1 N–H and O–H groups in total. The van der Waals surface area contributed by atoms with E-state index >= 15 is 0 Å². The SMILES string of the molecule is C=CCCC1(O)CC(C)C1. The van der Waals surface area contributed by atoms with E-state index in [0.29, 0.717) is 0 Å². The molecule has 1 nitrogen and oxygen atoms in total. The molecule has 0 bridgehead atoms. The Balaban J connectivity index is 2.20. The number of allylic oxidation sites excluding steroid dienone is 1. The first-order valence-corrected chi connectivity index (χ1v) is 3.99. The summed E-state index contributed by atoms with van der Waals surface area (Å²) in [7, 11) is 0. The molecule has 0 radical (unpaired) electrons. The molecule has 0 unspecified atom stereocenters. The second-order valence-electron chi connectivity index (χ2n) is 3.57. The minimum absolute atomic E-state index is 0.326. The zero-order valence-corrected chi connectivity index (χ0v) is 6.64. The minimum Gasteiger partial charge on any atom is -0.390 e. The average Bonchev–Trinajstić information content (AvgIpc) is 1.81. The van der Waals surface area contributed by atoms with Crippen molar-refractivity contribution in [3.63, 3.8) is 0 Å². The monoisotopic (exact) mass is 140 g/mol. The van der Waals surface area contributed by atoms with E-state index in [1.165, 1.54) is 0 Å². The molecule has 1 fully saturated rings. The Hall–Kier alpha value is -0.300. The molecular weight excluding hydrogens is 124 g/mol. The molecule has 58 valence electrons. The van der Waals surface area contributed by atoms with Crippen molar-refractivity contribution in [2.75, 3.05) is 0 Å². The molecule has 10 heavy (non-hydrogen) atoms. The Morgan fingerprint density at radius 1 is 1.70 bits per heavy atom. The van der Waals surface area contributed by atoms with Gasteiger partial charge in [0.25, 0.3) is 0 Å². The average molecular weight is 140 g/mol. The minimum atomic E-state index is -0.326. The van der Waals surface area contributed by atoms with Crippen LogP contribution < -0.4 is 0 Å². The van der Waals surface area contributed by atoms with Gasteiger partial charge in [-0.2, -0.15) is 0 Å². The van der Waals surface area contributed by atoms with Gasteiger partial charge in [0.2, 0.25) is 0 Å². The standard InChI is InChI=1S/C9H16O/c1-3-4-5-9(10)6-8(2)7-9/h3,8,10H,1,4-7H2,2H3. The van der Waals surface area contributed by atoms with Crippen molar-refractivity contribution in [3.8, 4) is 0 Å². The largest absolute Gasteiger partial charge is 0.390 e. The van der Waals surface area contributed by atoms with Gasteiger partial charge in [-0.1, -0.05) is 13.0 Å². The van der Waals surface area contributed by atoms with Crippen molar-refractivity contribution in [1.82, 2.24) is 0 Å². The van der Waals surface area contributed by atoms with E-state index in [2.05, 4.69) is 13.5 Å². The lowest BCUT2D eigenvalue weighted by atomic mass is 9.70. The van der Waals surface area contributed by atoms with Gasteiger partial charge in [-0.05, 0) is 31.6 Å². The van der Waals surface area contributed by atoms with Gasteiger partial charge < -0.3 is 5.11 Å². The topological polar surface area (TPSA) is 20.2 Å². The Kier molecular flexibility index (Phi) is 2.14. The first-order valence-electron chi connectivity index (χ1n) is 3.99. The second-order valence-corrected chi connectivity index (χ2v) is 3.57. The van der Waals surface area contributed by atoms with Gasteiger partial charge >= 0.3 is 0 Å². The van der Waals surface area contributed by atoms with Crippen LogP contribution in [-0.2, 0) is 0 Å². The number of hydrogen-bond donors (Lipinski definition) is 1. The van der Waals surface area contributed by atoms with Crippen LogP contribution in [0.2, 0.25) is 0 Å². The highest BCUT2D eigenvalue weighted by Crippen LogP contribution is 2.40. The molecule has 1 aliphatic carbocycles. The van der Waals surface area contributed by atoms with Crippen molar-refractivity contribution in [2.24, 2.45) is 5.92 Å². The third-order valence-electron chi connectivity index (χ3n) is 2.27. The maximum Gasteiger partial charge on any atom is 0.0655 e. The molecule has 0 amide bonds. The van der Waals surface area contributed by atoms with Crippen LogP contribution >= 0.6 is 0 Å². The number of hydrogen-bond acceptors (Lipinski definition) is 1. The molecule has 1 heteroatoms. The quantitative estimate of drug-likeness (QED) is 0.595. The van der Waals surface area contributed by atoms with Gasteiger partial charge in [0.05, 0.1) is 5.60 Å². The summed E-state index contributed by atoms with van der Waals surface area (Å²) in [4.78, 5) is 0. The Bertz CT molecular complexity index is 123. The summed E-state index contributed by atoms with van der Waals surface area (Å²) < 4.78 is 0. The fraction of sp³-hybridized carbons (Fsp3) is 0.778. The van der Waals surface area contributed by atoms with E-state index in [4.69, 9.17) is 0 Å². The smallest absolute Gasteiger partial charge is 0.0655 e. The summed E-state index contributed by atoms with van der Waals surface area (Å²) in [6.07, 6.45) is 5.70. The molecule has 0 aliphatic heterocycles. The van der Waals surface area contributed by atoms with Gasteiger partial charge in [0.1, 0.15) is 0 Å². The van der Waals surface area contributed by atoms with E-state index in [1.54, 1.807) is 0 Å². The maximum absolute atomic E-state index is 9.66. The lowest BCUT2D eigenvalue weighted by Gasteiger charge is -2.42. The molecule has 1 aliphatic rings.